The first kappa shape index (κ1) is 34.8. The van der Waals surface area contributed by atoms with E-state index in [0.717, 1.165) is 55.2 Å². The Morgan fingerprint density at radius 3 is 1.33 bits per heavy atom. The molecule has 0 amide bonds. The van der Waals surface area contributed by atoms with Crippen molar-refractivity contribution in [3.63, 3.8) is 0 Å². The van der Waals surface area contributed by atoms with Gasteiger partial charge in [-0.15, -0.1) is 5.10 Å². The third kappa shape index (κ3) is 4.63. The first-order valence-corrected chi connectivity index (χ1v) is 21.6. The first-order chi connectivity index (χ1) is 31.2. The molecule has 2 aliphatic carbocycles. The Balaban J connectivity index is 1.01. The van der Waals surface area contributed by atoms with Gasteiger partial charge in [0.05, 0.1) is 45.5 Å². The molecule has 8 aromatic carbocycles. The van der Waals surface area contributed by atoms with Crippen molar-refractivity contribution in [3.05, 3.63) is 192 Å². The molecule has 63 heavy (non-hydrogen) atoms. The maximum Gasteiger partial charge on any atom is 0.254 e. The van der Waals surface area contributed by atoms with Crippen LogP contribution < -0.4 is 11.5 Å². The van der Waals surface area contributed by atoms with E-state index in [4.69, 9.17) is 16.5 Å². The van der Waals surface area contributed by atoms with Crippen LogP contribution in [-0.2, 0) is 0 Å². The minimum atomic E-state index is 0.142. The largest absolute Gasteiger partial charge is 0.330 e. The van der Waals surface area contributed by atoms with E-state index >= 15 is 0 Å². The Bertz CT molecular complexity index is 3680. The van der Waals surface area contributed by atoms with E-state index in [2.05, 4.69) is 182 Å². The Kier molecular flexibility index (Phi) is 7.07. The van der Waals surface area contributed by atoms with E-state index in [1.54, 1.807) is 12.4 Å². The highest BCUT2D eigenvalue weighted by Gasteiger charge is 2.31. The van der Waals surface area contributed by atoms with Crippen LogP contribution in [-0.4, -0.2) is 42.0 Å². The lowest BCUT2D eigenvalue weighted by Gasteiger charge is -2.13. The van der Waals surface area contributed by atoms with Crippen LogP contribution in [0.3, 0.4) is 0 Å². The normalized spacial score (nSPS) is 15.3. The van der Waals surface area contributed by atoms with Gasteiger partial charge in [0.25, 0.3) is 5.95 Å². The fraction of sp³-hybridized carbons (Fsp3) is 0.0727. The predicted octanol–water partition coefficient (Wildman–Crippen LogP) is 11.3. The lowest BCUT2D eigenvalue weighted by molar-refractivity contribution is 0.841. The Morgan fingerprint density at radius 1 is 0.381 bits per heavy atom. The number of hydrogen-bond acceptors (Lipinski definition) is 5. The summed E-state index contributed by atoms with van der Waals surface area (Å²) in [6, 6.07) is 58.0. The second-order valence-corrected chi connectivity index (χ2v) is 17.1. The van der Waals surface area contributed by atoms with E-state index in [9.17, 15) is 0 Å². The molecule has 0 spiro atoms. The number of aromatic nitrogens is 6. The molecule has 0 radical (unpaired) electrons. The molecule has 14 rings (SSSR count). The van der Waals surface area contributed by atoms with Gasteiger partial charge in [-0.25, -0.2) is 4.98 Å². The Labute approximate surface area is 361 Å². The summed E-state index contributed by atoms with van der Waals surface area (Å²) in [5.74, 6) is 0.796. The minimum absolute atomic E-state index is 0.142. The van der Waals surface area contributed by atoms with Crippen molar-refractivity contribution in [2.75, 3.05) is 13.1 Å². The van der Waals surface area contributed by atoms with Gasteiger partial charge in [0.15, 0.2) is 0 Å². The van der Waals surface area contributed by atoms with Crippen LogP contribution in [0.25, 0.3) is 105 Å². The van der Waals surface area contributed by atoms with Gasteiger partial charge in [-0.3, -0.25) is 4.57 Å². The monoisotopic (exact) mass is 810 g/mol. The molecule has 0 saturated carbocycles. The van der Waals surface area contributed by atoms with Gasteiger partial charge in [0.1, 0.15) is 0 Å². The number of rotatable bonds is 5. The van der Waals surface area contributed by atoms with Crippen LogP contribution in [0.5, 0.6) is 0 Å². The van der Waals surface area contributed by atoms with Gasteiger partial charge in [-0.05, 0) is 105 Å². The number of para-hydroxylation sites is 2. The maximum atomic E-state index is 6.52. The summed E-state index contributed by atoms with van der Waals surface area (Å²) in [7, 11) is 0. The van der Waals surface area contributed by atoms with Crippen molar-refractivity contribution >= 4 is 65.4 Å². The van der Waals surface area contributed by atoms with Gasteiger partial charge in [-0.2, -0.15) is 5.10 Å². The predicted molar refractivity (Wildman–Crippen MR) is 256 cm³/mol. The molecule has 2 aliphatic rings. The van der Waals surface area contributed by atoms with E-state index in [1.165, 1.54) is 66.1 Å². The fourth-order valence-corrected chi connectivity index (χ4v) is 11.4. The van der Waals surface area contributed by atoms with Gasteiger partial charge in [0, 0.05) is 68.6 Å². The van der Waals surface area contributed by atoms with E-state index in [-0.39, 0.29) is 11.8 Å². The number of hydrogen-bond donors (Lipinski definition) is 2. The molecular formula is C55H38N8. The summed E-state index contributed by atoms with van der Waals surface area (Å²) in [4.78, 5) is 4.81. The molecule has 0 saturated heterocycles. The Hall–Kier alpha value is -7.91. The van der Waals surface area contributed by atoms with Crippen LogP contribution in [0, 0.1) is 0 Å². The van der Waals surface area contributed by atoms with Crippen LogP contribution in [0.2, 0.25) is 0 Å². The highest BCUT2D eigenvalue weighted by atomic mass is 15.3. The quantitative estimate of drug-likeness (QED) is 0.180. The summed E-state index contributed by atoms with van der Waals surface area (Å²) < 4.78 is 6.98. The molecule has 4 heterocycles. The van der Waals surface area contributed by atoms with Crippen LogP contribution in [0.4, 0.5) is 0 Å². The topological polar surface area (TPSA) is 105 Å². The number of nitrogens with two attached hydrogens (primary N) is 2. The SMILES string of the molecule is NCC1c2ccccc2-c2cc3c4ccccc4n(-c4ccc5c6ccc(-n7c8ccccc8c8cc9c(cc87)C(CN)c7ccccc7-9)cc6n(-c6nccnn6)c5c4)c3cc21. The lowest BCUT2D eigenvalue weighted by Crippen LogP contribution is -2.11. The zero-order valence-electron chi connectivity index (χ0n) is 34.1. The van der Waals surface area contributed by atoms with Crippen molar-refractivity contribution in [1.82, 2.24) is 28.9 Å². The summed E-state index contributed by atoms with van der Waals surface area (Å²) in [5.41, 5.74) is 32.0. The molecule has 4 N–H and O–H groups in total. The zero-order valence-corrected chi connectivity index (χ0v) is 34.1. The summed E-state index contributed by atoms with van der Waals surface area (Å²) in [6.45, 7) is 1.10. The van der Waals surface area contributed by atoms with Crippen LogP contribution in [0.1, 0.15) is 34.1 Å². The molecule has 8 nitrogen and oxygen atoms in total. The molecule has 12 aromatic rings. The molecule has 4 aromatic heterocycles. The van der Waals surface area contributed by atoms with Crippen molar-refractivity contribution in [3.8, 4) is 39.6 Å². The maximum absolute atomic E-state index is 6.52. The summed E-state index contributed by atoms with van der Waals surface area (Å²) in [5, 5.41) is 16.0. The number of benzene rings is 8. The standard InChI is InChI=1S/C55H38N8/c56-29-47-35-11-3-1-9-33(35)41-25-45-37-13-5-7-15-49(37)61(53(45)27-43(41)47)31-17-19-39-40-20-18-32(24-52(40)63(51(39)23-31)55-58-21-22-59-60-55)62-50-16-8-6-14-38(50)46-26-42-34-10-2-4-12-36(34)48(30-57)44(42)28-54(46)62/h1-28,47-48H,29-30,56-57H2. The van der Waals surface area contributed by atoms with Crippen LogP contribution >= 0.6 is 0 Å². The highest BCUT2D eigenvalue weighted by molar-refractivity contribution is 6.15. The van der Waals surface area contributed by atoms with Gasteiger partial charge < -0.3 is 20.6 Å². The lowest BCUT2D eigenvalue weighted by atomic mass is 9.96. The third-order valence-electron chi connectivity index (χ3n) is 14.1. The molecule has 2 unspecified atom stereocenters. The minimum Gasteiger partial charge on any atom is -0.330 e. The van der Waals surface area contributed by atoms with Crippen LogP contribution in [0.15, 0.2) is 170 Å². The zero-order chi connectivity index (χ0) is 41.5. The Morgan fingerprint density at radius 2 is 0.841 bits per heavy atom. The number of nitrogens with zero attached hydrogens (tertiary/aromatic N) is 6. The summed E-state index contributed by atoms with van der Waals surface area (Å²) >= 11 is 0. The van der Waals surface area contributed by atoms with Crippen molar-refractivity contribution in [1.29, 1.82) is 0 Å². The smallest absolute Gasteiger partial charge is 0.254 e. The molecule has 0 fully saturated rings. The van der Waals surface area contributed by atoms with Gasteiger partial charge in [0.2, 0.25) is 0 Å². The molecule has 2 atom stereocenters. The molecular weight excluding hydrogens is 773 g/mol. The van der Waals surface area contributed by atoms with E-state index < -0.39 is 0 Å². The van der Waals surface area contributed by atoms with E-state index in [0.29, 0.717) is 19.0 Å². The van der Waals surface area contributed by atoms with Gasteiger partial charge >= 0.3 is 0 Å². The van der Waals surface area contributed by atoms with E-state index in [1.807, 2.05) is 0 Å². The van der Waals surface area contributed by atoms with Crippen molar-refractivity contribution in [2.45, 2.75) is 11.8 Å². The highest BCUT2D eigenvalue weighted by Crippen LogP contribution is 2.50. The first-order valence-electron chi connectivity index (χ1n) is 21.6. The second-order valence-electron chi connectivity index (χ2n) is 17.1. The average molecular weight is 811 g/mol. The van der Waals surface area contributed by atoms with Crippen molar-refractivity contribution < 1.29 is 0 Å². The second kappa shape index (κ2) is 12.8. The van der Waals surface area contributed by atoms with Gasteiger partial charge in [-0.1, -0.05) is 97.1 Å². The molecule has 8 heteroatoms. The molecule has 0 bridgehead atoms. The molecule has 0 aliphatic heterocycles. The number of fused-ring (bicyclic) bond motifs is 15. The molecule has 298 valence electrons. The fourth-order valence-electron chi connectivity index (χ4n) is 11.4. The van der Waals surface area contributed by atoms with Crippen molar-refractivity contribution in [2.24, 2.45) is 11.5 Å². The summed E-state index contributed by atoms with van der Waals surface area (Å²) in [6.07, 6.45) is 3.34. The third-order valence-corrected chi connectivity index (χ3v) is 14.1. The average Bonchev–Trinajstić information content (AvgIpc) is 4.11.